The van der Waals surface area contributed by atoms with Gasteiger partial charge < -0.3 is 14.4 Å². The molecule has 1 aromatic rings. The maximum atomic E-state index is 12.7. The predicted octanol–water partition coefficient (Wildman–Crippen LogP) is 2.04. The zero-order valence-corrected chi connectivity index (χ0v) is 14.0. The summed E-state index contributed by atoms with van der Waals surface area (Å²) in [6, 6.07) is 8.15. The highest BCUT2D eigenvalue weighted by molar-refractivity contribution is 5.82. The fraction of sp³-hybridized carbons (Fsp3) is 0.579. The van der Waals surface area contributed by atoms with Gasteiger partial charge in [-0.25, -0.2) is 0 Å². The zero-order valence-electron chi connectivity index (χ0n) is 14.0. The van der Waals surface area contributed by atoms with Gasteiger partial charge >= 0.3 is 5.97 Å². The van der Waals surface area contributed by atoms with E-state index >= 15 is 0 Å². The lowest BCUT2D eigenvalue weighted by atomic mass is 9.73. The van der Waals surface area contributed by atoms with Gasteiger partial charge in [-0.3, -0.25) is 9.59 Å². The second-order valence-electron chi connectivity index (χ2n) is 7.50. The van der Waals surface area contributed by atoms with E-state index in [9.17, 15) is 9.59 Å². The summed E-state index contributed by atoms with van der Waals surface area (Å²) < 4.78 is 10.7. The van der Waals surface area contributed by atoms with Crippen molar-refractivity contribution in [3.8, 4) is 5.75 Å². The Morgan fingerprint density at radius 2 is 1.96 bits per heavy atom. The van der Waals surface area contributed by atoms with Crippen molar-refractivity contribution in [2.75, 3.05) is 26.8 Å². The summed E-state index contributed by atoms with van der Waals surface area (Å²) in [5.41, 5.74) is 1.31. The van der Waals surface area contributed by atoms with Gasteiger partial charge in [0.15, 0.2) is 0 Å². The summed E-state index contributed by atoms with van der Waals surface area (Å²) in [5, 5.41) is 0. The number of likely N-dealkylation sites (tertiary alicyclic amines) is 1. The highest BCUT2D eigenvalue weighted by Crippen LogP contribution is 2.43. The van der Waals surface area contributed by atoms with Gasteiger partial charge in [0.05, 0.1) is 19.6 Å². The number of rotatable bonds is 2. The van der Waals surface area contributed by atoms with Crippen molar-refractivity contribution in [3.63, 3.8) is 0 Å². The first-order chi connectivity index (χ1) is 11.6. The number of amides is 1. The molecule has 1 aliphatic carbocycles. The van der Waals surface area contributed by atoms with Crippen LogP contribution < -0.4 is 4.74 Å². The van der Waals surface area contributed by atoms with Crippen LogP contribution in [0.5, 0.6) is 5.75 Å². The maximum absolute atomic E-state index is 12.7. The monoisotopic (exact) mass is 329 g/mol. The lowest BCUT2D eigenvalue weighted by Gasteiger charge is -2.52. The Morgan fingerprint density at radius 3 is 2.75 bits per heavy atom. The molecule has 0 aromatic heterocycles. The van der Waals surface area contributed by atoms with Gasteiger partial charge in [-0.15, -0.1) is 0 Å². The van der Waals surface area contributed by atoms with Crippen LogP contribution >= 0.6 is 0 Å². The SMILES string of the molecule is COC(=O)[C@@H]1CC[C@H](C(=O)N2CC3(COc4ccccc4C3)C2)C1. The number of methoxy groups -OCH3 is 1. The zero-order chi connectivity index (χ0) is 16.7. The largest absolute Gasteiger partial charge is 0.493 e. The minimum absolute atomic E-state index is 0.0248. The molecule has 1 saturated carbocycles. The number of esters is 1. The minimum Gasteiger partial charge on any atom is -0.493 e. The number of para-hydroxylation sites is 1. The van der Waals surface area contributed by atoms with E-state index in [1.54, 1.807) is 0 Å². The van der Waals surface area contributed by atoms with Crippen molar-refractivity contribution in [2.45, 2.75) is 25.7 Å². The van der Waals surface area contributed by atoms with E-state index < -0.39 is 0 Å². The molecule has 0 bridgehead atoms. The highest BCUT2D eigenvalue weighted by atomic mass is 16.5. The van der Waals surface area contributed by atoms with Gasteiger partial charge in [0.1, 0.15) is 5.75 Å². The number of ether oxygens (including phenoxy) is 2. The molecule has 4 rings (SSSR count). The summed E-state index contributed by atoms with van der Waals surface area (Å²) in [6.45, 7) is 2.21. The van der Waals surface area contributed by atoms with Crippen LogP contribution in [0.1, 0.15) is 24.8 Å². The van der Waals surface area contributed by atoms with Crippen molar-refractivity contribution >= 4 is 11.9 Å². The second-order valence-corrected chi connectivity index (χ2v) is 7.50. The van der Waals surface area contributed by atoms with E-state index in [1.807, 2.05) is 23.1 Å². The summed E-state index contributed by atoms with van der Waals surface area (Å²) in [6.07, 6.45) is 3.16. The number of hydrogen-bond acceptors (Lipinski definition) is 4. The first kappa shape index (κ1) is 15.5. The van der Waals surface area contributed by atoms with Crippen molar-refractivity contribution in [1.29, 1.82) is 0 Å². The van der Waals surface area contributed by atoms with Crippen LogP contribution in [0.15, 0.2) is 24.3 Å². The third-order valence-corrected chi connectivity index (χ3v) is 5.75. The van der Waals surface area contributed by atoms with Crippen LogP contribution in [0.4, 0.5) is 0 Å². The minimum atomic E-state index is -0.178. The normalized spacial score (nSPS) is 27.1. The van der Waals surface area contributed by atoms with Gasteiger partial charge in [-0.2, -0.15) is 0 Å². The molecule has 1 aromatic carbocycles. The molecule has 1 saturated heterocycles. The third kappa shape index (κ3) is 2.56. The van der Waals surface area contributed by atoms with E-state index in [-0.39, 0.29) is 29.1 Å². The summed E-state index contributed by atoms with van der Waals surface area (Å²) in [5.74, 6) is 0.866. The fourth-order valence-electron chi connectivity index (χ4n) is 4.44. The Kier molecular flexibility index (Phi) is 3.74. The summed E-state index contributed by atoms with van der Waals surface area (Å²) in [4.78, 5) is 26.3. The van der Waals surface area contributed by atoms with Crippen LogP contribution in [0.25, 0.3) is 0 Å². The van der Waals surface area contributed by atoms with Gasteiger partial charge in [0.2, 0.25) is 5.91 Å². The number of carbonyl (C=O) groups excluding carboxylic acids is 2. The Labute approximate surface area is 141 Å². The van der Waals surface area contributed by atoms with Crippen LogP contribution in [-0.4, -0.2) is 43.6 Å². The lowest BCUT2D eigenvalue weighted by molar-refractivity contribution is -0.151. The smallest absolute Gasteiger partial charge is 0.308 e. The van der Waals surface area contributed by atoms with Crippen LogP contribution in [0.3, 0.4) is 0 Å². The van der Waals surface area contributed by atoms with E-state index in [1.165, 1.54) is 12.7 Å². The Bertz CT molecular complexity index is 665. The van der Waals surface area contributed by atoms with Gasteiger partial charge in [0, 0.05) is 24.4 Å². The fourth-order valence-corrected chi connectivity index (χ4v) is 4.44. The number of nitrogens with zero attached hydrogens (tertiary/aromatic N) is 1. The van der Waals surface area contributed by atoms with Gasteiger partial charge in [-0.05, 0) is 37.3 Å². The van der Waals surface area contributed by atoms with E-state index in [2.05, 4.69) is 6.07 Å². The molecule has 5 heteroatoms. The molecule has 0 N–H and O–H groups in total. The van der Waals surface area contributed by atoms with Crippen LogP contribution in [-0.2, 0) is 20.7 Å². The van der Waals surface area contributed by atoms with Crippen LogP contribution in [0, 0.1) is 17.3 Å². The molecule has 0 radical (unpaired) electrons. The first-order valence-corrected chi connectivity index (χ1v) is 8.67. The quantitative estimate of drug-likeness (QED) is 0.779. The molecule has 1 amide bonds. The molecule has 2 aliphatic heterocycles. The highest BCUT2D eigenvalue weighted by Gasteiger charge is 2.50. The number of benzene rings is 1. The molecule has 1 spiro atoms. The standard InChI is InChI=1S/C19H23NO4/c1-23-18(22)14-7-6-13(8-14)17(21)20-10-19(11-20)9-15-4-2-3-5-16(15)24-12-19/h2-5,13-14H,6-12H2,1H3/t13-,14+/m0/s1. The Morgan fingerprint density at radius 1 is 1.21 bits per heavy atom. The van der Waals surface area contributed by atoms with Gasteiger partial charge in [0.25, 0.3) is 0 Å². The Hall–Kier alpha value is -2.04. The number of carbonyl (C=O) groups is 2. The number of fused-ring (bicyclic) bond motifs is 1. The van der Waals surface area contributed by atoms with E-state index in [0.717, 1.165) is 38.1 Å². The molecule has 5 nitrogen and oxygen atoms in total. The topological polar surface area (TPSA) is 55.8 Å². The maximum Gasteiger partial charge on any atom is 0.308 e. The molecule has 3 aliphatic rings. The third-order valence-electron chi connectivity index (χ3n) is 5.75. The van der Waals surface area contributed by atoms with E-state index in [0.29, 0.717) is 13.0 Å². The predicted molar refractivity (Wildman–Crippen MR) is 87.5 cm³/mol. The van der Waals surface area contributed by atoms with Gasteiger partial charge in [-0.1, -0.05) is 18.2 Å². The van der Waals surface area contributed by atoms with Crippen molar-refractivity contribution in [2.24, 2.45) is 17.3 Å². The molecule has 2 atom stereocenters. The number of hydrogen-bond donors (Lipinski definition) is 0. The second kappa shape index (κ2) is 5.80. The first-order valence-electron chi connectivity index (χ1n) is 8.67. The summed E-state index contributed by atoms with van der Waals surface area (Å²) in [7, 11) is 1.41. The van der Waals surface area contributed by atoms with Crippen LogP contribution in [0.2, 0.25) is 0 Å². The van der Waals surface area contributed by atoms with E-state index in [4.69, 9.17) is 9.47 Å². The molecule has 128 valence electrons. The lowest BCUT2D eigenvalue weighted by Crippen LogP contribution is -2.63. The molecule has 2 fully saturated rings. The molecular formula is C19H23NO4. The van der Waals surface area contributed by atoms with Crippen molar-refractivity contribution in [1.82, 2.24) is 4.90 Å². The molecular weight excluding hydrogens is 306 g/mol. The van der Waals surface area contributed by atoms with Crippen molar-refractivity contribution in [3.05, 3.63) is 29.8 Å². The molecule has 2 heterocycles. The average Bonchev–Trinajstić information content (AvgIpc) is 3.08. The summed E-state index contributed by atoms with van der Waals surface area (Å²) >= 11 is 0. The molecule has 0 unspecified atom stereocenters. The van der Waals surface area contributed by atoms with Crippen molar-refractivity contribution < 1.29 is 19.1 Å². The average molecular weight is 329 g/mol. The molecule has 24 heavy (non-hydrogen) atoms. The Balaban J connectivity index is 1.35.